The van der Waals surface area contributed by atoms with Crippen molar-refractivity contribution in [1.29, 1.82) is 0 Å². The SMILES string of the molecule is COC(=O)c1cc(NC(C)=O)cc(N2CCCC2=O)c1. The van der Waals surface area contributed by atoms with Gasteiger partial charge in [-0.3, -0.25) is 9.59 Å². The van der Waals surface area contributed by atoms with E-state index in [0.29, 0.717) is 29.9 Å². The summed E-state index contributed by atoms with van der Waals surface area (Å²) in [5, 5.41) is 2.62. The second-order valence-corrected chi connectivity index (χ2v) is 4.59. The van der Waals surface area contributed by atoms with Crippen LogP contribution in [0.2, 0.25) is 0 Å². The number of esters is 1. The van der Waals surface area contributed by atoms with Gasteiger partial charge in [0.2, 0.25) is 11.8 Å². The van der Waals surface area contributed by atoms with Crippen molar-refractivity contribution in [3.05, 3.63) is 23.8 Å². The Kier molecular flexibility index (Phi) is 4.02. The Morgan fingerprint density at radius 3 is 2.60 bits per heavy atom. The second kappa shape index (κ2) is 5.73. The van der Waals surface area contributed by atoms with E-state index in [1.165, 1.54) is 20.1 Å². The largest absolute Gasteiger partial charge is 0.465 e. The van der Waals surface area contributed by atoms with Crippen molar-refractivity contribution in [2.75, 3.05) is 23.9 Å². The molecular formula is C14H16N2O4. The van der Waals surface area contributed by atoms with Crippen molar-refractivity contribution < 1.29 is 19.1 Å². The molecular weight excluding hydrogens is 260 g/mol. The highest BCUT2D eigenvalue weighted by atomic mass is 16.5. The van der Waals surface area contributed by atoms with Gasteiger partial charge in [-0.2, -0.15) is 0 Å². The highest BCUT2D eigenvalue weighted by molar-refractivity contribution is 6.00. The number of carbonyl (C=O) groups excluding carboxylic acids is 3. The second-order valence-electron chi connectivity index (χ2n) is 4.59. The van der Waals surface area contributed by atoms with Crippen LogP contribution in [0.4, 0.5) is 11.4 Å². The molecule has 0 bridgehead atoms. The summed E-state index contributed by atoms with van der Waals surface area (Å²) in [6.45, 7) is 1.99. The van der Waals surface area contributed by atoms with Crippen LogP contribution in [-0.2, 0) is 14.3 Å². The summed E-state index contributed by atoms with van der Waals surface area (Å²) in [5.41, 5.74) is 1.36. The molecule has 6 nitrogen and oxygen atoms in total. The number of hydrogen-bond donors (Lipinski definition) is 1. The van der Waals surface area contributed by atoms with Crippen molar-refractivity contribution in [3.63, 3.8) is 0 Å². The number of hydrogen-bond acceptors (Lipinski definition) is 4. The molecule has 1 saturated heterocycles. The van der Waals surface area contributed by atoms with E-state index >= 15 is 0 Å². The Morgan fingerprint density at radius 2 is 2.05 bits per heavy atom. The maximum absolute atomic E-state index is 11.8. The summed E-state index contributed by atoms with van der Waals surface area (Å²) in [7, 11) is 1.29. The fraction of sp³-hybridized carbons (Fsp3) is 0.357. The Labute approximate surface area is 116 Å². The quantitative estimate of drug-likeness (QED) is 0.850. The standard InChI is InChI=1S/C14H16N2O4/c1-9(17)15-11-6-10(14(19)20-2)7-12(8-11)16-5-3-4-13(16)18/h6-8H,3-5H2,1-2H3,(H,15,17). The Hall–Kier alpha value is -2.37. The van der Waals surface area contributed by atoms with Crippen molar-refractivity contribution in [3.8, 4) is 0 Å². The average Bonchev–Trinajstić information content (AvgIpc) is 2.83. The molecule has 1 fully saturated rings. The Morgan fingerprint density at radius 1 is 1.30 bits per heavy atom. The molecule has 1 heterocycles. The number of rotatable bonds is 3. The van der Waals surface area contributed by atoms with Crippen LogP contribution in [0.3, 0.4) is 0 Å². The first-order chi connectivity index (χ1) is 9.51. The molecule has 0 aromatic heterocycles. The van der Waals surface area contributed by atoms with Crippen LogP contribution in [0.25, 0.3) is 0 Å². The molecule has 1 aliphatic heterocycles. The van der Waals surface area contributed by atoms with Gasteiger partial charge < -0.3 is 15.0 Å². The molecule has 106 valence electrons. The molecule has 0 aliphatic carbocycles. The normalized spacial score (nSPS) is 14.3. The number of nitrogens with one attached hydrogen (secondary N) is 1. The van der Waals surface area contributed by atoms with Crippen LogP contribution < -0.4 is 10.2 Å². The number of benzene rings is 1. The van der Waals surface area contributed by atoms with Gasteiger partial charge in [0.05, 0.1) is 12.7 Å². The molecule has 0 atom stereocenters. The van der Waals surface area contributed by atoms with Gasteiger partial charge in [0.15, 0.2) is 0 Å². The van der Waals surface area contributed by atoms with E-state index in [1.54, 1.807) is 17.0 Å². The monoisotopic (exact) mass is 276 g/mol. The fourth-order valence-electron chi connectivity index (χ4n) is 2.20. The molecule has 0 spiro atoms. The molecule has 6 heteroatoms. The third kappa shape index (κ3) is 2.96. The lowest BCUT2D eigenvalue weighted by Gasteiger charge is -2.18. The van der Waals surface area contributed by atoms with E-state index in [-0.39, 0.29) is 11.8 Å². The molecule has 20 heavy (non-hydrogen) atoms. The topological polar surface area (TPSA) is 75.7 Å². The number of methoxy groups -OCH3 is 1. The van der Waals surface area contributed by atoms with Gasteiger partial charge >= 0.3 is 5.97 Å². The minimum absolute atomic E-state index is 0.0146. The van der Waals surface area contributed by atoms with Crippen LogP contribution in [0.15, 0.2) is 18.2 Å². The van der Waals surface area contributed by atoms with Gasteiger partial charge in [-0.15, -0.1) is 0 Å². The fourth-order valence-corrected chi connectivity index (χ4v) is 2.20. The van der Waals surface area contributed by atoms with Gasteiger partial charge in [0.25, 0.3) is 0 Å². The summed E-state index contributed by atoms with van der Waals surface area (Å²) >= 11 is 0. The summed E-state index contributed by atoms with van der Waals surface area (Å²) < 4.78 is 4.69. The lowest BCUT2D eigenvalue weighted by molar-refractivity contribution is -0.117. The minimum atomic E-state index is -0.509. The zero-order valence-electron chi connectivity index (χ0n) is 11.4. The highest BCUT2D eigenvalue weighted by Gasteiger charge is 2.23. The van der Waals surface area contributed by atoms with Crippen LogP contribution in [0.5, 0.6) is 0 Å². The molecule has 0 saturated carbocycles. The third-order valence-corrected chi connectivity index (χ3v) is 3.04. The molecule has 0 unspecified atom stereocenters. The molecule has 1 aromatic carbocycles. The number of carbonyl (C=O) groups is 3. The van der Waals surface area contributed by atoms with Gasteiger partial charge in [0, 0.05) is 31.3 Å². The minimum Gasteiger partial charge on any atom is -0.465 e. The summed E-state index contributed by atoms with van der Waals surface area (Å²) in [6, 6.07) is 4.80. The predicted octanol–water partition coefficient (Wildman–Crippen LogP) is 1.56. The summed E-state index contributed by atoms with van der Waals surface area (Å²) in [4.78, 5) is 36.2. The smallest absolute Gasteiger partial charge is 0.337 e. The van der Waals surface area contributed by atoms with E-state index < -0.39 is 5.97 Å². The first kappa shape index (κ1) is 14.0. The summed E-state index contributed by atoms with van der Waals surface area (Å²) in [5.74, 6) is -0.739. The van der Waals surface area contributed by atoms with Crippen LogP contribution in [-0.4, -0.2) is 31.4 Å². The molecule has 1 N–H and O–H groups in total. The third-order valence-electron chi connectivity index (χ3n) is 3.04. The Bertz CT molecular complexity index is 568. The molecule has 2 rings (SSSR count). The molecule has 2 amide bonds. The molecule has 1 aromatic rings. The Balaban J connectivity index is 2.41. The van der Waals surface area contributed by atoms with Crippen molar-refractivity contribution in [2.24, 2.45) is 0 Å². The van der Waals surface area contributed by atoms with Crippen molar-refractivity contribution >= 4 is 29.2 Å². The van der Waals surface area contributed by atoms with E-state index in [9.17, 15) is 14.4 Å². The zero-order valence-corrected chi connectivity index (χ0v) is 11.4. The van der Waals surface area contributed by atoms with Crippen LogP contribution in [0.1, 0.15) is 30.1 Å². The zero-order chi connectivity index (χ0) is 14.7. The number of nitrogens with zero attached hydrogens (tertiary/aromatic N) is 1. The number of ether oxygens (including phenoxy) is 1. The van der Waals surface area contributed by atoms with Gasteiger partial charge in [-0.1, -0.05) is 0 Å². The number of amides is 2. The van der Waals surface area contributed by atoms with E-state index in [1.807, 2.05) is 0 Å². The van der Waals surface area contributed by atoms with Gasteiger partial charge in [-0.25, -0.2) is 4.79 Å². The van der Waals surface area contributed by atoms with Gasteiger partial charge in [-0.05, 0) is 24.6 Å². The maximum atomic E-state index is 11.8. The first-order valence-corrected chi connectivity index (χ1v) is 6.32. The van der Waals surface area contributed by atoms with Gasteiger partial charge in [0.1, 0.15) is 0 Å². The van der Waals surface area contributed by atoms with E-state index in [0.717, 1.165) is 6.42 Å². The highest BCUT2D eigenvalue weighted by Crippen LogP contribution is 2.26. The van der Waals surface area contributed by atoms with Crippen LogP contribution >= 0.6 is 0 Å². The lowest BCUT2D eigenvalue weighted by atomic mass is 10.1. The molecule has 0 radical (unpaired) electrons. The van der Waals surface area contributed by atoms with E-state index in [2.05, 4.69) is 10.1 Å². The molecule has 1 aliphatic rings. The lowest BCUT2D eigenvalue weighted by Crippen LogP contribution is -2.24. The van der Waals surface area contributed by atoms with Crippen LogP contribution in [0, 0.1) is 0 Å². The maximum Gasteiger partial charge on any atom is 0.337 e. The predicted molar refractivity (Wildman–Crippen MR) is 73.7 cm³/mol. The van der Waals surface area contributed by atoms with Crippen molar-refractivity contribution in [2.45, 2.75) is 19.8 Å². The summed E-state index contributed by atoms with van der Waals surface area (Å²) in [6.07, 6.45) is 1.29. The first-order valence-electron chi connectivity index (χ1n) is 6.32. The average molecular weight is 276 g/mol. The van der Waals surface area contributed by atoms with E-state index in [4.69, 9.17) is 0 Å². The number of anilines is 2. The van der Waals surface area contributed by atoms with Crippen molar-refractivity contribution in [1.82, 2.24) is 0 Å².